The Morgan fingerprint density at radius 1 is 1.77 bits per heavy atom. The van der Waals surface area contributed by atoms with Gasteiger partial charge < -0.3 is 10.5 Å². The van der Waals surface area contributed by atoms with Gasteiger partial charge in [0.15, 0.2) is 0 Å². The number of carbonyl (C=O) groups excluding carboxylic acids is 1. The third-order valence-corrected chi connectivity index (χ3v) is 1.66. The number of ether oxygens (including phenoxy) is 1. The lowest BCUT2D eigenvalue weighted by atomic mass is 10.5. The molecule has 0 aromatic heterocycles. The van der Waals surface area contributed by atoms with Crippen LogP contribution in [0.1, 0.15) is 6.92 Å². The average Bonchev–Trinajstić information content (AvgIpc) is 2.13. The van der Waals surface area contributed by atoms with Crippen LogP contribution in [0, 0.1) is 5.41 Å². The molecule has 0 bridgehead atoms. The molecule has 0 spiro atoms. The maximum Gasteiger partial charge on any atom is 0.375 e. The number of esters is 1. The summed E-state index contributed by atoms with van der Waals surface area (Å²) in [6.45, 7) is 1.89. The van der Waals surface area contributed by atoms with Crippen molar-refractivity contribution in [3.8, 4) is 0 Å². The van der Waals surface area contributed by atoms with Crippen molar-refractivity contribution in [2.45, 2.75) is 6.92 Å². The van der Waals surface area contributed by atoms with Gasteiger partial charge in [0, 0.05) is 4.08 Å². The molecule has 3 N–H and O–H groups in total. The van der Waals surface area contributed by atoms with E-state index < -0.39 is 11.8 Å². The minimum Gasteiger partial charge on any atom is -0.460 e. The monoisotopic (exact) mass is 295 g/mol. The van der Waals surface area contributed by atoms with Crippen LogP contribution in [-0.4, -0.2) is 24.6 Å². The van der Waals surface area contributed by atoms with Gasteiger partial charge in [-0.3, -0.25) is 5.41 Å². The molecule has 6 heteroatoms. The molecule has 0 fully saturated rings. The number of allylic oxidation sites excluding steroid dienone is 1. The molecule has 0 amide bonds. The largest absolute Gasteiger partial charge is 0.460 e. The second-order valence-electron chi connectivity index (χ2n) is 1.94. The minimum absolute atomic E-state index is 0.230. The number of nitrogens with two attached hydrogens (primary N) is 1. The van der Waals surface area contributed by atoms with Gasteiger partial charge >= 0.3 is 5.97 Å². The molecule has 0 heterocycles. The van der Waals surface area contributed by atoms with Crippen molar-refractivity contribution in [1.29, 1.82) is 5.41 Å². The number of hydrogen-bond acceptors (Lipinski definition) is 4. The molecule has 0 aliphatic heterocycles. The molecule has 0 aliphatic carbocycles. The van der Waals surface area contributed by atoms with E-state index in [4.69, 9.17) is 11.1 Å². The molecule has 0 aromatic carbocycles. The van der Waals surface area contributed by atoms with Gasteiger partial charge in [0.05, 0.1) is 18.5 Å². The molecular weight excluding hydrogens is 285 g/mol. The van der Waals surface area contributed by atoms with Crippen LogP contribution in [0.4, 0.5) is 0 Å². The van der Waals surface area contributed by atoms with Crippen molar-refractivity contribution in [2.75, 3.05) is 6.61 Å². The van der Waals surface area contributed by atoms with Crippen LogP contribution in [-0.2, 0) is 9.53 Å². The number of hydrogen-bond donors (Lipinski definition) is 2. The van der Waals surface area contributed by atoms with E-state index in [1.54, 1.807) is 11.0 Å². The van der Waals surface area contributed by atoms with Crippen LogP contribution in [0.5, 0.6) is 0 Å². The Kier molecular flexibility index (Phi) is 6.11. The molecule has 0 rings (SSSR count). The molecular formula is C7H10IN3O2. The minimum atomic E-state index is -0.750. The van der Waals surface area contributed by atoms with Crippen LogP contribution in [0.15, 0.2) is 14.8 Å². The fraction of sp³-hybridized carbons (Fsp3) is 0.286. The van der Waals surface area contributed by atoms with Gasteiger partial charge in [-0.25, -0.2) is 9.79 Å². The molecule has 0 atom stereocenters. The van der Waals surface area contributed by atoms with Gasteiger partial charge in [0.1, 0.15) is 0 Å². The SMILES string of the molecule is CCOC(=O)C(=N)/N=C\C(N)=C/I. The first-order chi connectivity index (χ1) is 6.11. The predicted molar refractivity (Wildman–Crippen MR) is 59.1 cm³/mol. The normalized spacial score (nSPS) is 11.7. The summed E-state index contributed by atoms with van der Waals surface area (Å²) in [5.41, 5.74) is 5.73. The molecule has 0 aliphatic rings. The van der Waals surface area contributed by atoms with Crippen molar-refractivity contribution in [1.82, 2.24) is 0 Å². The van der Waals surface area contributed by atoms with E-state index in [2.05, 4.69) is 9.73 Å². The number of carbonyl (C=O) groups is 1. The summed E-state index contributed by atoms with van der Waals surface area (Å²) in [7, 11) is 0. The zero-order valence-electron chi connectivity index (χ0n) is 7.08. The Bertz CT molecular complexity index is 260. The van der Waals surface area contributed by atoms with Crippen molar-refractivity contribution >= 4 is 40.6 Å². The highest BCUT2D eigenvalue weighted by molar-refractivity contribution is 14.1. The maximum absolute atomic E-state index is 10.8. The van der Waals surface area contributed by atoms with Crippen LogP contribution >= 0.6 is 22.6 Å². The second-order valence-corrected chi connectivity index (χ2v) is 2.56. The zero-order chi connectivity index (χ0) is 10.3. The predicted octanol–water partition coefficient (Wildman–Crippen LogP) is 0.833. The van der Waals surface area contributed by atoms with E-state index in [0.29, 0.717) is 5.70 Å². The summed E-state index contributed by atoms with van der Waals surface area (Å²) < 4.78 is 6.11. The summed E-state index contributed by atoms with van der Waals surface area (Å²) in [6.07, 6.45) is 1.23. The van der Waals surface area contributed by atoms with Gasteiger partial charge in [0.2, 0.25) is 5.84 Å². The lowest BCUT2D eigenvalue weighted by Crippen LogP contribution is -2.15. The van der Waals surface area contributed by atoms with Gasteiger partial charge in [-0.05, 0) is 6.92 Å². The number of rotatable bonds is 2. The molecule has 0 saturated carbocycles. The second kappa shape index (κ2) is 6.58. The fourth-order valence-electron chi connectivity index (χ4n) is 0.419. The Labute approximate surface area is 89.7 Å². The van der Waals surface area contributed by atoms with Gasteiger partial charge in [-0.1, -0.05) is 22.6 Å². The molecule has 0 unspecified atom stereocenters. The standard InChI is InChI=1S/C7H10IN3O2/c1-2-13-7(12)6(10)11-4-5(9)3-8/h3-4,10H,2,9H2,1H3/b5-3+,10-6?,11-4-. The summed E-state index contributed by atoms with van der Waals surface area (Å²) in [4.78, 5) is 14.3. The van der Waals surface area contributed by atoms with E-state index in [-0.39, 0.29) is 6.61 Å². The highest BCUT2D eigenvalue weighted by Crippen LogP contribution is 1.89. The Balaban J connectivity index is 4.15. The van der Waals surface area contributed by atoms with E-state index in [1.807, 2.05) is 22.6 Å². The van der Waals surface area contributed by atoms with Gasteiger partial charge in [0.25, 0.3) is 0 Å². The van der Waals surface area contributed by atoms with E-state index in [1.165, 1.54) is 6.21 Å². The quantitative estimate of drug-likeness (QED) is 0.342. The Hall–Kier alpha value is -0.920. The van der Waals surface area contributed by atoms with Crippen LogP contribution in [0.2, 0.25) is 0 Å². The van der Waals surface area contributed by atoms with Crippen molar-refractivity contribution in [3.05, 3.63) is 9.78 Å². The lowest BCUT2D eigenvalue weighted by molar-refractivity contribution is -0.135. The summed E-state index contributed by atoms with van der Waals surface area (Å²) in [5.74, 6) is -1.21. The van der Waals surface area contributed by atoms with E-state index in [9.17, 15) is 4.79 Å². The average molecular weight is 295 g/mol. The summed E-state index contributed by atoms with van der Waals surface area (Å²) in [5, 5.41) is 7.11. The molecule has 0 saturated heterocycles. The van der Waals surface area contributed by atoms with Crippen molar-refractivity contribution in [3.63, 3.8) is 0 Å². The van der Waals surface area contributed by atoms with Gasteiger partial charge in [-0.2, -0.15) is 0 Å². The Morgan fingerprint density at radius 2 is 2.38 bits per heavy atom. The number of nitrogens with zero attached hydrogens (tertiary/aromatic N) is 1. The van der Waals surface area contributed by atoms with Crippen LogP contribution < -0.4 is 5.73 Å². The molecule has 0 aromatic rings. The molecule has 72 valence electrons. The number of amidine groups is 1. The highest BCUT2D eigenvalue weighted by atomic mass is 127. The third-order valence-electron chi connectivity index (χ3n) is 0.937. The molecule has 0 radical (unpaired) electrons. The maximum atomic E-state index is 10.8. The van der Waals surface area contributed by atoms with Gasteiger partial charge in [-0.15, -0.1) is 0 Å². The Morgan fingerprint density at radius 3 is 2.85 bits per heavy atom. The zero-order valence-corrected chi connectivity index (χ0v) is 9.24. The number of halogens is 1. The first-order valence-corrected chi connectivity index (χ1v) is 4.72. The highest BCUT2D eigenvalue weighted by Gasteiger charge is 2.06. The van der Waals surface area contributed by atoms with Crippen LogP contribution in [0.3, 0.4) is 0 Å². The van der Waals surface area contributed by atoms with E-state index in [0.717, 1.165) is 0 Å². The van der Waals surface area contributed by atoms with Crippen LogP contribution in [0.25, 0.3) is 0 Å². The smallest absolute Gasteiger partial charge is 0.375 e. The molecule has 13 heavy (non-hydrogen) atoms. The van der Waals surface area contributed by atoms with Crippen molar-refractivity contribution in [2.24, 2.45) is 10.7 Å². The number of nitrogens with one attached hydrogen (secondary N) is 1. The summed E-state index contributed by atoms with van der Waals surface area (Å²) in [6, 6.07) is 0. The van der Waals surface area contributed by atoms with Crippen molar-refractivity contribution < 1.29 is 9.53 Å². The third kappa shape index (κ3) is 5.34. The lowest BCUT2D eigenvalue weighted by Gasteiger charge is -1.97. The summed E-state index contributed by atoms with van der Waals surface area (Å²) >= 11 is 1.93. The van der Waals surface area contributed by atoms with E-state index >= 15 is 0 Å². The number of aliphatic imine (C=N–C) groups is 1. The first-order valence-electron chi connectivity index (χ1n) is 3.47. The first kappa shape index (κ1) is 12.1. The topological polar surface area (TPSA) is 88.5 Å². The molecule has 5 nitrogen and oxygen atoms in total. The fourth-order valence-corrected chi connectivity index (χ4v) is 0.580.